The summed E-state index contributed by atoms with van der Waals surface area (Å²) in [6, 6.07) is 5.59. The van der Waals surface area contributed by atoms with E-state index in [1.54, 1.807) is 7.11 Å². The van der Waals surface area contributed by atoms with Gasteiger partial charge in [-0.25, -0.2) is 0 Å². The quantitative estimate of drug-likeness (QED) is 0.597. The topological polar surface area (TPSA) is 53.7 Å². The predicted octanol–water partition coefficient (Wildman–Crippen LogP) is 2.48. The van der Waals surface area contributed by atoms with Gasteiger partial charge in [0.2, 0.25) is 0 Å². The average molecular weight is 251 g/mol. The second kappa shape index (κ2) is 6.07. The maximum atomic E-state index is 5.91. The van der Waals surface area contributed by atoms with E-state index >= 15 is 0 Å². The zero-order valence-electron chi connectivity index (χ0n) is 11.0. The van der Waals surface area contributed by atoms with Gasteiger partial charge >= 0.3 is 0 Å². The van der Waals surface area contributed by atoms with Crippen LogP contribution in [-0.4, -0.2) is 20.5 Å². The van der Waals surface area contributed by atoms with Crippen LogP contribution in [0.3, 0.4) is 0 Å². The van der Waals surface area contributed by atoms with Crippen LogP contribution in [0.25, 0.3) is 0 Å². The lowest BCUT2D eigenvalue weighted by Gasteiger charge is -2.15. The van der Waals surface area contributed by atoms with Gasteiger partial charge in [0.15, 0.2) is 6.79 Å². The van der Waals surface area contributed by atoms with Crippen molar-refractivity contribution < 1.29 is 14.2 Å². The van der Waals surface area contributed by atoms with Crippen LogP contribution in [0.4, 0.5) is 0 Å². The van der Waals surface area contributed by atoms with Crippen LogP contribution in [0.15, 0.2) is 18.2 Å². The van der Waals surface area contributed by atoms with Crippen LogP contribution in [0, 0.1) is 5.92 Å². The minimum Gasteiger partial charge on any atom is -0.497 e. The number of ether oxygens (including phenoxy) is 3. The van der Waals surface area contributed by atoms with Crippen molar-refractivity contribution in [1.82, 2.24) is 0 Å². The number of benzene rings is 1. The summed E-state index contributed by atoms with van der Waals surface area (Å²) in [5.41, 5.74) is 6.87. The minimum atomic E-state index is -0.0747. The molecule has 1 atom stereocenters. The fourth-order valence-corrected chi connectivity index (χ4v) is 1.75. The molecular formula is C14H21NO3. The van der Waals surface area contributed by atoms with Crippen LogP contribution in [0.1, 0.15) is 31.4 Å². The van der Waals surface area contributed by atoms with E-state index in [0.29, 0.717) is 0 Å². The summed E-state index contributed by atoms with van der Waals surface area (Å²) >= 11 is 0. The molecule has 0 amide bonds. The van der Waals surface area contributed by atoms with Crippen molar-refractivity contribution >= 4 is 0 Å². The maximum Gasteiger partial charge on any atom is 0.189 e. The average Bonchev–Trinajstić information content (AvgIpc) is 3.18. The lowest BCUT2D eigenvalue weighted by atomic mass is 10.1. The lowest BCUT2D eigenvalue weighted by molar-refractivity contribution is 0.00924. The Labute approximate surface area is 108 Å². The normalized spacial score (nSPS) is 16.4. The van der Waals surface area contributed by atoms with Crippen molar-refractivity contribution in [2.24, 2.45) is 11.7 Å². The molecule has 1 aromatic rings. The molecule has 2 N–H and O–H groups in total. The van der Waals surface area contributed by atoms with E-state index in [0.717, 1.165) is 29.6 Å². The number of methoxy groups -OCH3 is 1. The molecule has 2 rings (SSSR count). The summed E-state index contributed by atoms with van der Waals surface area (Å²) in [4.78, 5) is 0. The molecule has 100 valence electrons. The Kier molecular flexibility index (Phi) is 4.44. The maximum absolute atomic E-state index is 5.91. The molecular weight excluding hydrogens is 230 g/mol. The zero-order valence-corrected chi connectivity index (χ0v) is 11.0. The first-order valence-electron chi connectivity index (χ1n) is 6.34. The second-order valence-electron chi connectivity index (χ2n) is 4.77. The molecule has 1 unspecified atom stereocenters. The molecule has 4 nitrogen and oxygen atoms in total. The number of hydrogen-bond donors (Lipinski definition) is 1. The molecule has 1 fully saturated rings. The molecule has 0 aliphatic heterocycles. The molecule has 4 heteroatoms. The van der Waals surface area contributed by atoms with Gasteiger partial charge in [-0.05, 0) is 31.7 Å². The first-order chi connectivity index (χ1) is 8.70. The molecule has 1 aliphatic rings. The second-order valence-corrected chi connectivity index (χ2v) is 4.77. The molecule has 1 aromatic carbocycles. The zero-order chi connectivity index (χ0) is 13.0. The van der Waals surface area contributed by atoms with Gasteiger partial charge in [-0.1, -0.05) is 6.07 Å². The first-order valence-corrected chi connectivity index (χ1v) is 6.34. The Morgan fingerprint density at radius 1 is 1.39 bits per heavy atom. The van der Waals surface area contributed by atoms with E-state index in [2.05, 4.69) is 0 Å². The van der Waals surface area contributed by atoms with E-state index in [1.807, 2.05) is 25.1 Å². The number of rotatable bonds is 7. The largest absolute Gasteiger partial charge is 0.497 e. The van der Waals surface area contributed by atoms with Gasteiger partial charge in [0.25, 0.3) is 0 Å². The van der Waals surface area contributed by atoms with E-state index in [4.69, 9.17) is 19.9 Å². The van der Waals surface area contributed by atoms with Crippen LogP contribution >= 0.6 is 0 Å². The van der Waals surface area contributed by atoms with Gasteiger partial charge in [-0.3, -0.25) is 0 Å². The Morgan fingerprint density at radius 2 is 2.17 bits per heavy atom. The summed E-state index contributed by atoms with van der Waals surface area (Å²) < 4.78 is 16.3. The SMILES string of the molecule is COc1ccc(C(C)N)c(OCOCC2CC2)c1. The van der Waals surface area contributed by atoms with E-state index in [1.165, 1.54) is 12.8 Å². The van der Waals surface area contributed by atoms with Crippen molar-refractivity contribution in [3.05, 3.63) is 23.8 Å². The molecule has 0 heterocycles. The molecule has 0 bridgehead atoms. The molecule has 0 saturated heterocycles. The molecule has 0 aromatic heterocycles. The summed E-state index contributed by atoms with van der Waals surface area (Å²) in [5, 5.41) is 0. The summed E-state index contributed by atoms with van der Waals surface area (Å²) in [7, 11) is 1.63. The van der Waals surface area contributed by atoms with Crippen molar-refractivity contribution in [1.29, 1.82) is 0 Å². The van der Waals surface area contributed by atoms with Crippen LogP contribution in [0.5, 0.6) is 11.5 Å². The van der Waals surface area contributed by atoms with Crippen molar-refractivity contribution in [3.63, 3.8) is 0 Å². The fraction of sp³-hybridized carbons (Fsp3) is 0.571. The van der Waals surface area contributed by atoms with Crippen LogP contribution in [0.2, 0.25) is 0 Å². The van der Waals surface area contributed by atoms with Crippen molar-refractivity contribution in [2.45, 2.75) is 25.8 Å². The Bertz CT molecular complexity index is 389. The smallest absolute Gasteiger partial charge is 0.189 e. The molecule has 1 saturated carbocycles. The van der Waals surface area contributed by atoms with E-state index in [9.17, 15) is 0 Å². The van der Waals surface area contributed by atoms with Crippen LogP contribution < -0.4 is 15.2 Å². The third-order valence-corrected chi connectivity index (χ3v) is 3.06. The highest BCUT2D eigenvalue weighted by atomic mass is 16.7. The summed E-state index contributed by atoms with van der Waals surface area (Å²) in [6.07, 6.45) is 2.56. The Morgan fingerprint density at radius 3 is 2.78 bits per heavy atom. The van der Waals surface area contributed by atoms with E-state index < -0.39 is 0 Å². The number of hydrogen-bond acceptors (Lipinski definition) is 4. The molecule has 0 spiro atoms. The van der Waals surface area contributed by atoms with Gasteiger partial charge in [-0.15, -0.1) is 0 Å². The van der Waals surface area contributed by atoms with Gasteiger partial charge in [0.1, 0.15) is 11.5 Å². The number of nitrogens with two attached hydrogens (primary N) is 1. The highest BCUT2D eigenvalue weighted by Crippen LogP contribution is 2.30. The minimum absolute atomic E-state index is 0.0747. The van der Waals surface area contributed by atoms with Gasteiger partial charge < -0.3 is 19.9 Å². The Balaban J connectivity index is 1.93. The molecule has 18 heavy (non-hydrogen) atoms. The third-order valence-electron chi connectivity index (χ3n) is 3.06. The lowest BCUT2D eigenvalue weighted by Crippen LogP contribution is -2.11. The summed E-state index contributed by atoms with van der Waals surface area (Å²) in [5.74, 6) is 2.24. The van der Waals surface area contributed by atoms with Crippen LogP contribution in [-0.2, 0) is 4.74 Å². The predicted molar refractivity (Wildman–Crippen MR) is 69.8 cm³/mol. The highest BCUT2D eigenvalue weighted by molar-refractivity contribution is 5.42. The Hall–Kier alpha value is -1.26. The first kappa shape index (κ1) is 13.2. The van der Waals surface area contributed by atoms with Gasteiger partial charge in [-0.2, -0.15) is 0 Å². The van der Waals surface area contributed by atoms with Gasteiger partial charge in [0.05, 0.1) is 13.7 Å². The van der Waals surface area contributed by atoms with Gasteiger partial charge in [0, 0.05) is 17.7 Å². The highest BCUT2D eigenvalue weighted by Gasteiger charge is 2.21. The standard InChI is InChI=1S/C14H21NO3/c1-10(15)13-6-5-12(16-2)7-14(13)18-9-17-8-11-3-4-11/h5-7,10-11H,3-4,8-9,15H2,1-2H3. The van der Waals surface area contributed by atoms with Crippen molar-refractivity contribution in [2.75, 3.05) is 20.5 Å². The fourth-order valence-electron chi connectivity index (χ4n) is 1.75. The molecule has 0 radical (unpaired) electrons. The molecule has 1 aliphatic carbocycles. The van der Waals surface area contributed by atoms with E-state index in [-0.39, 0.29) is 12.8 Å². The summed E-state index contributed by atoms with van der Waals surface area (Å²) in [6.45, 7) is 2.99. The van der Waals surface area contributed by atoms with Crippen molar-refractivity contribution in [3.8, 4) is 11.5 Å². The monoisotopic (exact) mass is 251 g/mol. The third kappa shape index (κ3) is 3.62.